The quantitative estimate of drug-likeness (QED) is 0.459. The second-order valence-electron chi connectivity index (χ2n) is 5.74. The van der Waals surface area contributed by atoms with Gasteiger partial charge in [0.05, 0.1) is 9.82 Å². The number of nitro groups is 1. The van der Waals surface area contributed by atoms with Crippen molar-refractivity contribution in [3.63, 3.8) is 0 Å². The van der Waals surface area contributed by atoms with Crippen molar-refractivity contribution >= 4 is 27.5 Å². The standard InChI is InChI=1S/C15H22N2O4S2/c1-12-7-8-13(17(18)19)11-15(12)23(20,21)16-9-10-22-14-5-3-2-4-6-14/h7-8,11,14,16H,2-6,9-10H2,1H3. The normalized spacial score (nSPS) is 16.4. The largest absolute Gasteiger partial charge is 0.270 e. The molecule has 1 aromatic carbocycles. The van der Waals surface area contributed by atoms with E-state index in [9.17, 15) is 18.5 Å². The zero-order valence-electron chi connectivity index (χ0n) is 13.2. The summed E-state index contributed by atoms with van der Waals surface area (Å²) in [5.74, 6) is 0.720. The zero-order chi connectivity index (χ0) is 16.9. The first-order chi connectivity index (χ1) is 10.9. The fraction of sp³-hybridized carbons (Fsp3) is 0.600. The molecule has 6 nitrogen and oxygen atoms in total. The van der Waals surface area contributed by atoms with Crippen molar-refractivity contribution in [1.29, 1.82) is 0 Å². The lowest BCUT2D eigenvalue weighted by molar-refractivity contribution is -0.385. The maximum absolute atomic E-state index is 12.3. The van der Waals surface area contributed by atoms with Gasteiger partial charge in [0.25, 0.3) is 5.69 Å². The third-order valence-corrected chi connectivity index (χ3v) is 6.96. The first-order valence-electron chi connectivity index (χ1n) is 7.76. The Morgan fingerprint density at radius 3 is 2.65 bits per heavy atom. The van der Waals surface area contributed by atoms with Gasteiger partial charge in [-0.3, -0.25) is 10.1 Å². The minimum absolute atomic E-state index is 0.0191. The second kappa shape index (κ2) is 8.12. The number of benzene rings is 1. The summed E-state index contributed by atoms with van der Waals surface area (Å²) in [5.41, 5.74) is 0.288. The Labute approximate surface area is 141 Å². The van der Waals surface area contributed by atoms with Crippen molar-refractivity contribution in [3.05, 3.63) is 33.9 Å². The summed E-state index contributed by atoms with van der Waals surface area (Å²) in [4.78, 5) is 10.2. The molecule has 0 unspecified atom stereocenters. The molecule has 0 saturated heterocycles. The van der Waals surface area contributed by atoms with Gasteiger partial charge < -0.3 is 0 Å². The van der Waals surface area contributed by atoms with Gasteiger partial charge in [-0.25, -0.2) is 13.1 Å². The first-order valence-corrected chi connectivity index (χ1v) is 10.3. The van der Waals surface area contributed by atoms with Gasteiger partial charge in [0.1, 0.15) is 0 Å². The monoisotopic (exact) mass is 358 g/mol. The fourth-order valence-corrected chi connectivity index (χ4v) is 5.35. The molecule has 1 fully saturated rings. The van der Waals surface area contributed by atoms with Crippen LogP contribution in [0, 0.1) is 17.0 Å². The number of non-ortho nitro benzene ring substituents is 1. The Kier molecular flexibility index (Phi) is 6.43. The van der Waals surface area contributed by atoms with Crippen molar-refractivity contribution in [1.82, 2.24) is 4.72 Å². The Morgan fingerprint density at radius 1 is 1.30 bits per heavy atom. The van der Waals surface area contributed by atoms with E-state index in [4.69, 9.17) is 0 Å². The van der Waals surface area contributed by atoms with Crippen LogP contribution < -0.4 is 4.72 Å². The number of sulfonamides is 1. The lowest BCUT2D eigenvalue weighted by Crippen LogP contribution is -2.27. The van der Waals surface area contributed by atoms with E-state index >= 15 is 0 Å². The molecule has 0 atom stereocenters. The van der Waals surface area contributed by atoms with Crippen LogP contribution in [-0.2, 0) is 10.0 Å². The van der Waals surface area contributed by atoms with Crippen molar-refractivity contribution in [2.75, 3.05) is 12.3 Å². The van der Waals surface area contributed by atoms with Crippen LogP contribution in [0.15, 0.2) is 23.1 Å². The molecule has 1 saturated carbocycles. The van der Waals surface area contributed by atoms with Gasteiger partial charge in [0.15, 0.2) is 0 Å². The lowest BCUT2D eigenvalue weighted by atomic mass is 10.0. The van der Waals surface area contributed by atoms with Gasteiger partial charge in [-0.1, -0.05) is 25.3 Å². The van der Waals surface area contributed by atoms with E-state index < -0.39 is 14.9 Å². The molecular weight excluding hydrogens is 336 g/mol. The highest BCUT2D eigenvalue weighted by atomic mass is 32.2. The summed E-state index contributed by atoms with van der Waals surface area (Å²) < 4.78 is 27.2. The summed E-state index contributed by atoms with van der Waals surface area (Å²) in [6, 6.07) is 3.89. The molecule has 1 N–H and O–H groups in total. The van der Waals surface area contributed by atoms with E-state index in [0.29, 0.717) is 17.4 Å². The number of nitro benzene ring substituents is 1. The van der Waals surface area contributed by atoms with Gasteiger partial charge in [-0.05, 0) is 25.3 Å². The molecule has 0 radical (unpaired) electrons. The van der Waals surface area contributed by atoms with E-state index in [2.05, 4.69) is 4.72 Å². The average Bonchev–Trinajstić information content (AvgIpc) is 2.52. The number of hydrogen-bond donors (Lipinski definition) is 1. The van der Waals surface area contributed by atoms with Crippen LogP contribution in [0.4, 0.5) is 5.69 Å². The number of thioether (sulfide) groups is 1. The van der Waals surface area contributed by atoms with Crippen LogP contribution in [0.3, 0.4) is 0 Å². The van der Waals surface area contributed by atoms with Gasteiger partial charge in [-0.15, -0.1) is 0 Å². The van der Waals surface area contributed by atoms with Gasteiger partial charge in [0, 0.05) is 29.7 Å². The van der Waals surface area contributed by atoms with Crippen LogP contribution in [0.2, 0.25) is 0 Å². The first kappa shape index (κ1) is 18.2. The summed E-state index contributed by atoms with van der Waals surface area (Å²) in [6.45, 7) is 1.97. The predicted octanol–water partition coefficient (Wildman–Crippen LogP) is 3.25. The molecule has 0 spiro atoms. The van der Waals surface area contributed by atoms with Gasteiger partial charge >= 0.3 is 0 Å². The molecule has 2 rings (SSSR count). The van der Waals surface area contributed by atoms with Crippen molar-refractivity contribution in [3.8, 4) is 0 Å². The number of hydrogen-bond acceptors (Lipinski definition) is 5. The molecule has 1 aromatic rings. The fourth-order valence-electron chi connectivity index (χ4n) is 2.70. The smallest absolute Gasteiger partial charge is 0.258 e. The lowest BCUT2D eigenvalue weighted by Gasteiger charge is -2.20. The molecule has 0 amide bonds. The van der Waals surface area contributed by atoms with E-state index in [1.165, 1.54) is 44.2 Å². The van der Waals surface area contributed by atoms with Crippen molar-refractivity contribution in [2.45, 2.75) is 49.2 Å². The van der Waals surface area contributed by atoms with Crippen LogP contribution in [0.25, 0.3) is 0 Å². The average molecular weight is 358 g/mol. The molecule has 0 aromatic heterocycles. The summed E-state index contributed by atoms with van der Waals surface area (Å²) >= 11 is 1.81. The number of nitrogens with zero attached hydrogens (tertiary/aromatic N) is 1. The van der Waals surface area contributed by atoms with Crippen LogP contribution in [-0.4, -0.2) is 30.9 Å². The van der Waals surface area contributed by atoms with E-state index in [0.717, 1.165) is 11.8 Å². The molecular formula is C15H22N2O4S2. The van der Waals surface area contributed by atoms with E-state index in [1.807, 2.05) is 11.8 Å². The van der Waals surface area contributed by atoms with Crippen LogP contribution in [0.1, 0.15) is 37.7 Å². The molecule has 0 heterocycles. The third-order valence-electron chi connectivity index (χ3n) is 3.97. The topological polar surface area (TPSA) is 89.3 Å². The minimum Gasteiger partial charge on any atom is -0.258 e. The highest BCUT2D eigenvalue weighted by Crippen LogP contribution is 2.28. The number of rotatable bonds is 7. The maximum atomic E-state index is 12.3. The minimum atomic E-state index is -3.72. The molecule has 1 aliphatic rings. The molecule has 0 bridgehead atoms. The molecule has 23 heavy (non-hydrogen) atoms. The molecule has 1 aliphatic carbocycles. The van der Waals surface area contributed by atoms with E-state index in [-0.39, 0.29) is 10.6 Å². The van der Waals surface area contributed by atoms with Gasteiger partial charge in [-0.2, -0.15) is 11.8 Å². The predicted molar refractivity (Wildman–Crippen MR) is 92.4 cm³/mol. The zero-order valence-corrected chi connectivity index (χ0v) is 14.8. The molecule has 8 heteroatoms. The number of nitrogens with one attached hydrogen (secondary N) is 1. The second-order valence-corrected chi connectivity index (χ2v) is 8.88. The van der Waals surface area contributed by atoms with Crippen LogP contribution >= 0.6 is 11.8 Å². The third kappa shape index (κ3) is 5.19. The summed E-state index contributed by atoms with van der Waals surface area (Å²) in [5, 5.41) is 11.4. The summed E-state index contributed by atoms with van der Waals surface area (Å²) in [6.07, 6.45) is 6.24. The highest BCUT2D eigenvalue weighted by molar-refractivity contribution is 8.00. The Morgan fingerprint density at radius 2 is 2.00 bits per heavy atom. The van der Waals surface area contributed by atoms with Gasteiger partial charge in [0.2, 0.25) is 10.0 Å². The Hall–Kier alpha value is -1.12. The Balaban J connectivity index is 1.93. The van der Waals surface area contributed by atoms with Crippen molar-refractivity contribution in [2.24, 2.45) is 0 Å². The molecule has 128 valence electrons. The molecule has 0 aliphatic heterocycles. The van der Waals surface area contributed by atoms with E-state index in [1.54, 1.807) is 6.92 Å². The maximum Gasteiger partial charge on any atom is 0.270 e. The highest BCUT2D eigenvalue weighted by Gasteiger charge is 2.20. The summed E-state index contributed by atoms with van der Waals surface area (Å²) in [7, 11) is -3.72. The Bertz CT molecular complexity index is 655. The SMILES string of the molecule is Cc1ccc([N+](=O)[O-])cc1S(=O)(=O)NCCSC1CCCCC1. The number of aryl methyl sites for hydroxylation is 1. The van der Waals surface area contributed by atoms with Crippen molar-refractivity contribution < 1.29 is 13.3 Å². The van der Waals surface area contributed by atoms with Crippen LogP contribution in [0.5, 0.6) is 0 Å².